The minimum atomic E-state index is -1.17. The number of nitrogen functional groups attached to an aromatic ring is 2. The number of aromatic carboxylic acids is 1. The van der Waals surface area contributed by atoms with Crippen LogP contribution in [0.3, 0.4) is 0 Å². The topological polar surface area (TPSA) is 168 Å². The van der Waals surface area contributed by atoms with Crippen LogP contribution in [-0.4, -0.2) is 22.8 Å². The maximum Gasteiger partial charge on any atom is 0.336 e. The number of fused-ring (bicyclic) bond motifs is 1. The van der Waals surface area contributed by atoms with Crippen molar-refractivity contribution in [3.05, 3.63) is 118 Å². The van der Waals surface area contributed by atoms with E-state index in [1.807, 2.05) is 48.5 Å². The number of amides is 1. The highest BCUT2D eigenvalue weighted by molar-refractivity contribution is 6.01. The minimum Gasteiger partial charge on any atom is -0.478 e. The number of amidine groups is 1. The van der Waals surface area contributed by atoms with Crippen molar-refractivity contribution in [3.63, 3.8) is 0 Å². The largest absolute Gasteiger partial charge is 0.478 e. The third-order valence-corrected chi connectivity index (χ3v) is 7.50. The van der Waals surface area contributed by atoms with Crippen molar-refractivity contribution in [2.24, 2.45) is 11.5 Å². The van der Waals surface area contributed by atoms with Gasteiger partial charge in [-0.3, -0.25) is 10.2 Å². The summed E-state index contributed by atoms with van der Waals surface area (Å²) < 4.78 is 0. The van der Waals surface area contributed by atoms with Crippen LogP contribution in [0.25, 0.3) is 11.1 Å². The zero-order chi connectivity index (χ0) is 27.9. The van der Waals surface area contributed by atoms with Crippen LogP contribution in [0.15, 0.2) is 84.9 Å². The lowest BCUT2D eigenvalue weighted by Gasteiger charge is -2.42. The molecule has 4 aromatic rings. The summed E-state index contributed by atoms with van der Waals surface area (Å²) in [6.07, 6.45) is 0.667. The Morgan fingerprint density at radius 1 is 0.949 bits per heavy atom. The highest BCUT2D eigenvalue weighted by atomic mass is 16.4. The Morgan fingerprint density at radius 3 is 2.33 bits per heavy atom. The number of carbonyl (C=O) groups is 2. The molecule has 0 aromatic heterocycles. The standard InChI is InChI=1S/C31H29N5O3/c1-31(21-5-3-2-4-6-21)16-27(36-26-10-8-17(28(33)34)15-25(26)31)20-11-19(12-22(32)13-20)23-9-7-18(29(35)37)14-24(23)30(38)39/h2-15,27,36H,16,32H2,1H3,(H3,33,34)(H2,35,37)(H,38,39). The number of hydrogen-bond acceptors (Lipinski definition) is 5. The van der Waals surface area contributed by atoms with Gasteiger partial charge in [0.05, 0.1) is 11.6 Å². The van der Waals surface area contributed by atoms with Crippen molar-refractivity contribution >= 4 is 29.1 Å². The lowest BCUT2D eigenvalue weighted by molar-refractivity contribution is 0.0697. The van der Waals surface area contributed by atoms with Crippen molar-refractivity contribution in [3.8, 4) is 11.1 Å². The Kier molecular flexibility index (Phi) is 6.32. The number of anilines is 2. The van der Waals surface area contributed by atoms with Crippen molar-refractivity contribution < 1.29 is 14.7 Å². The highest BCUT2D eigenvalue weighted by Crippen LogP contribution is 2.49. The van der Waals surface area contributed by atoms with E-state index in [-0.39, 0.29) is 23.0 Å². The van der Waals surface area contributed by atoms with Gasteiger partial charge in [0.1, 0.15) is 5.84 Å². The molecule has 4 aromatic carbocycles. The molecule has 8 nitrogen and oxygen atoms in total. The molecule has 39 heavy (non-hydrogen) atoms. The number of carboxylic acids is 1. The van der Waals surface area contributed by atoms with E-state index in [4.69, 9.17) is 22.6 Å². The van der Waals surface area contributed by atoms with E-state index >= 15 is 0 Å². The number of carbonyl (C=O) groups excluding carboxylic acids is 1. The molecule has 8 heteroatoms. The molecule has 1 amide bonds. The molecular formula is C31H29N5O3. The fourth-order valence-corrected chi connectivity index (χ4v) is 5.49. The van der Waals surface area contributed by atoms with Crippen LogP contribution in [0.1, 0.15) is 62.4 Å². The van der Waals surface area contributed by atoms with Crippen LogP contribution in [0.2, 0.25) is 0 Å². The van der Waals surface area contributed by atoms with E-state index in [9.17, 15) is 14.7 Å². The summed E-state index contributed by atoms with van der Waals surface area (Å²) >= 11 is 0. The molecular weight excluding hydrogens is 490 g/mol. The number of nitrogens with one attached hydrogen (secondary N) is 2. The van der Waals surface area contributed by atoms with Crippen LogP contribution in [0.5, 0.6) is 0 Å². The number of rotatable bonds is 6. The quantitative estimate of drug-likeness (QED) is 0.120. The number of benzene rings is 4. The van der Waals surface area contributed by atoms with E-state index in [2.05, 4.69) is 24.4 Å². The summed E-state index contributed by atoms with van der Waals surface area (Å²) in [5.74, 6) is -1.86. The predicted octanol–water partition coefficient (Wildman–Crippen LogP) is 4.88. The number of nitrogens with two attached hydrogens (primary N) is 3. The second-order valence-electron chi connectivity index (χ2n) is 10.1. The molecule has 0 saturated carbocycles. The van der Waals surface area contributed by atoms with Crippen molar-refractivity contribution in [2.45, 2.75) is 24.8 Å². The minimum absolute atomic E-state index is 0.00685. The molecule has 2 unspecified atom stereocenters. The normalized spacial score (nSPS) is 18.0. The molecule has 0 aliphatic carbocycles. The maximum absolute atomic E-state index is 12.1. The van der Waals surface area contributed by atoms with Gasteiger partial charge in [0.2, 0.25) is 5.91 Å². The van der Waals surface area contributed by atoms with Gasteiger partial charge in [-0.05, 0) is 82.8 Å². The van der Waals surface area contributed by atoms with Gasteiger partial charge in [0.15, 0.2) is 0 Å². The van der Waals surface area contributed by atoms with Crippen molar-refractivity contribution in [2.75, 3.05) is 11.1 Å². The summed E-state index contributed by atoms with van der Waals surface area (Å²) in [6, 6.07) is 25.7. The second-order valence-corrected chi connectivity index (χ2v) is 10.1. The van der Waals surface area contributed by atoms with Crippen LogP contribution in [0.4, 0.5) is 11.4 Å². The third kappa shape index (κ3) is 4.68. The van der Waals surface area contributed by atoms with E-state index in [1.54, 1.807) is 12.1 Å². The van der Waals surface area contributed by atoms with Gasteiger partial charge in [0.25, 0.3) is 0 Å². The van der Waals surface area contributed by atoms with Crippen LogP contribution < -0.4 is 22.5 Å². The maximum atomic E-state index is 12.1. The van der Waals surface area contributed by atoms with Gasteiger partial charge in [-0.1, -0.05) is 43.3 Å². The molecule has 9 N–H and O–H groups in total. The molecule has 1 aliphatic heterocycles. The first kappa shape index (κ1) is 25.5. The zero-order valence-corrected chi connectivity index (χ0v) is 21.4. The Labute approximate surface area is 226 Å². The number of hydrogen-bond donors (Lipinski definition) is 6. The van der Waals surface area contributed by atoms with E-state index in [1.165, 1.54) is 12.1 Å². The number of primary amides is 1. The third-order valence-electron chi connectivity index (χ3n) is 7.50. The Hall–Kier alpha value is -5.11. The van der Waals surface area contributed by atoms with E-state index < -0.39 is 17.3 Å². The zero-order valence-electron chi connectivity index (χ0n) is 21.4. The SMILES string of the molecule is CC1(c2ccccc2)CC(c2cc(N)cc(-c3ccc(C(N)=O)cc3C(=O)O)c2)Nc2ccc(C(=N)N)cc21. The molecule has 0 spiro atoms. The molecule has 0 radical (unpaired) electrons. The first-order valence-corrected chi connectivity index (χ1v) is 12.5. The summed E-state index contributed by atoms with van der Waals surface area (Å²) in [6.45, 7) is 2.18. The highest BCUT2D eigenvalue weighted by Gasteiger charge is 2.39. The number of carboxylic acid groups (broad SMARTS) is 1. The summed E-state index contributed by atoms with van der Waals surface area (Å²) in [5.41, 5.74) is 23.4. The van der Waals surface area contributed by atoms with Crippen LogP contribution in [0, 0.1) is 5.41 Å². The van der Waals surface area contributed by atoms with Crippen LogP contribution >= 0.6 is 0 Å². The summed E-state index contributed by atoms with van der Waals surface area (Å²) in [5, 5.41) is 21.4. The molecule has 0 bridgehead atoms. The lowest BCUT2D eigenvalue weighted by Crippen LogP contribution is -2.35. The summed E-state index contributed by atoms with van der Waals surface area (Å²) in [4.78, 5) is 23.7. The van der Waals surface area contributed by atoms with Crippen LogP contribution in [-0.2, 0) is 5.41 Å². The van der Waals surface area contributed by atoms with Gasteiger partial charge >= 0.3 is 5.97 Å². The fraction of sp³-hybridized carbons (Fsp3) is 0.129. The van der Waals surface area contributed by atoms with Gasteiger partial charge in [0, 0.05) is 27.9 Å². The Bertz CT molecular complexity index is 1630. The molecule has 0 fully saturated rings. The Morgan fingerprint density at radius 2 is 1.67 bits per heavy atom. The average Bonchev–Trinajstić information content (AvgIpc) is 2.92. The lowest BCUT2D eigenvalue weighted by atomic mass is 9.68. The van der Waals surface area contributed by atoms with E-state index in [0.29, 0.717) is 28.8 Å². The molecule has 2 atom stereocenters. The average molecular weight is 520 g/mol. The van der Waals surface area contributed by atoms with Gasteiger partial charge < -0.3 is 27.6 Å². The van der Waals surface area contributed by atoms with Gasteiger partial charge in [-0.2, -0.15) is 0 Å². The smallest absolute Gasteiger partial charge is 0.336 e. The van der Waals surface area contributed by atoms with Crippen molar-refractivity contribution in [1.29, 1.82) is 5.41 Å². The summed E-state index contributed by atoms with van der Waals surface area (Å²) in [7, 11) is 0. The van der Waals surface area contributed by atoms with Gasteiger partial charge in [-0.25, -0.2) is 4.79 Å². The van der Waals surface area contributed by atoms with Gasteiger partial charge in [-0.15, -0.1) is 0 Å². The fourth-order valence-electron chi connectivity index (χ4n) is 5.49. The molecule has 196 valence electrons. The molecule has 1 aliphatic rings. The monoisotopic (exact) mass is 519 g/mol. The molecule has 0 saturated heterocycles. The first-order valence-electron chi connectivity index (χ1n) is 12.5. The molecule has 5 rings (SSSR count). The predicted molar refractivity (Wildman–Crippen MR) is 153 cm³/mol. The van der Waals surface area contributed by atoms with Crippen molar-refractivity contribution in [1.82, 2.24) is 0 Å². The second kappa shape index (κ2) is 9.64. The first-order chi connectivity index (χ1) is 18.6. The van der Waals surface area contributed by atoms with E-state index in [0.717, 1.165) is 22.4 Å². The molecule has 1 heterocycles. The Balaban J connectivity index is 1.64.